The van der Waals surface area contributed by atoms with Crippen LogP contribution in [0.15, 0.2) is 132 Å². The molecule has 3 nitrogen and oxygen atoms in total. The van der Waals surface area contributed by atoms with E-state index in [4.69, 9.17) is 15.9 Å². The molecular weight excluding hydrogens is 661 g/mol. The summed E-state index contributed by atoms with van der Waals surface area (Å²) >= 11 is 0. The van der Waals surface area contributed by atoms with Crippen LogP contribution in [-0.4, -0.2) is 17.3 Å². The molecule has 0 aliphatic rings. The molecule has 0 saturated heterocycles. The zero-order chi connectivity index (χ0) is 41.4. The molecule has 2 N–H and O–H groups in total. The van der Waals surface area contributed by atoms with E-state index < -0.39 is 0 Å². The molecule has 0 spiro atoms. The summed E-state index contributed by atoms with van der Waals surface area (Å²) in [4.78, 5) is 0. The molecule has 0 aliphatic carbocycles. The van der Waals surface area contributed by atoms with Crippen molar-refractivity contribution in [2.45, 2.75) is 82.6 Å². The molecule has 0 atom stereocenters. The average Bonchev–Trinajstić information content (AvgIpc) is 3.56. The molecule has 3 heteroatoms. The van der Waals surface area contributed by atoms with Crippen LogP contribution >= 0.6 is 0 Å². The topological polar surface area (TPSA) is 53.6 Å². The van der Waals surface area contributed by atoms with Gasteiger partial charge in [0, 0.05) is 34.6 Å². The number of hydrogen-bond donors (Lipinski definition) is 2. The molecule has 0 radical (unpaired) electrons. The predicted molar refractivity (Wildman–Crippen MR) is 244 cm³/mol. The van der Waals surface area contributed by atoms with Gasteiger partial charge in [0.25, 0.3) is 0 Å². The minimum Gasteiger partial charge on any atom is -0.507 e. The van der Waals surface area contributed by atoms with Crippen LogP contribution in [0.2, 0.25) is 0 Å². The van der Waals surface area contributed by atoms with Crippen LogP contribution in [0, 0.1) is 19.3 Å². The van der Waals surface area contributed by atoms with Crippen LogP contribution in [0.4, 0.5) is 0 Å². The highest BCUT2D eigenvalue weighted by Crippen LogP contribution is 2.40. The number of benzene rings is 4. The molecule has 286 valence electrons. The van der Waals surface area contributed by atoms with E-state index in [-0.39, 0.29) is 5.76 Å². The summed E-state index contributed by atoms with van der Waals surface area (Å²) in [5.74, 6) is 3.39. The number of aliphatic hydroxyl groups excluding tert-OH is 2. The minimum atomic E-state index is 0.0149. The number of aryl methyl sites for hydroxylation is 1. The van der Waals surface area contributed by atoms with Crippen molar-refractivity contribution < 1.29 is 14.6 Å². The number of aliphatic hydroxyl groups is 2. The summed E-state index contributed by atoms with van der Waals surface area (Å²) in [7, 11) is 1.00. The molecule has 1 aromatic heterocycles. The van der Waals surface area contributed by atoms with Gasteiger partial charge >= 0.3 is 0 Å². The Kier molecular flexibility index (Phi) is 23.5. The van der Waals surface area contributed by atoms with Gasteiger partial charge in [-0.05, 0) is 95.8 Å². The van der Waals surface area contributed by atoms with Crippen LogP contribution in [0.3, 0.4) is 0 Å². The highest BCUT2D eigenvalue weighted by atomic mass is 16.3. The number of allylic oxidation sites excluding steroid dienone is 9. The van der Waals surface area contributed by atoms with Gasteiger partial charge in [-0.3, -0.25) is 0 Å². The fraction of sp³-hybridized carbons (Fsp3) is 0.255. The fourth-order valence-electron chi connectivity index (χ4n) is 6.08. The van der Waals surface area contributed by atoms with Crippen molar-refractivity contribution in [1.82, 2.24) is 0 Å². The standard InChI is InChI=1S/C32H30O.C12H12O.3C2H6.CH4O/c1-6-10-11-29-24(8-3)20(5)32(33-29)25(9-4)27-18-15-23-14-17-26-21(7-2)12-13-22-16-19-28(27)31(23)30(22)26;1-5-9-10(6-2)11(7-3)12(13)8-4;4*1-2/h6,8-19H,7H2,1-5H3;2,5,7-9,13H,1,3-4H2;3*1-2H3;2H,1H3/b10-6-,24-8-,25-9-,29-11+;10-9+,12-11-;;;;. The molecule has 5 aromatic rings. The lowest BCUT2D eigenvalue weighted by molar-refractivity contribution is 0.399. The van der Waals surface area contributed by atoms with Gasteiger partial charge in [-0.2, -0.15) is 0 Å². The summed E-state index contributed by atoms with van der Waals surface area (Å²) in [6.45, 7) is 33.1. The molecule has 0 amide bonds. The van der Waals surface area contributed by atoms with Crippen molar-refractivity contribution in [3.05, 3.63) is 161 Å². The summed E-state index contributed by atoms with van der Waals surface area (Å²) in [5, 5.41) is 25.5. The molecule has 4 aromatic carbocycles. The first-order chi connectivity index (χ1) is 26.3. The molecule has 0 saturated carbocycles. The minimum absolute atomic E-state index is 0.0149. The third kappa shape index (κ3) is 11.0. The van der Waals surface area contributed by atoms with E-state index in [9.17, 15) is 5.11 Å². The maximum absolute atomic E-state index is 9.37. The van der Waals surface area contributed by atoms with Crippen molar-refractivity contribution in [1.29, 1.82) is 0 Å². The molecule has 0 unspecified atom stereocenters. The Bertz CT molecular complexity index is 2240. The first-order valence-electron chi connectivity index (χ1n) is 19.0. The van der Waals surface area contributed by atoms with Gasteiger partial charge in [0.1, 0.15) is 16.9 Å². The van der Waals surface area contributed by atoms with Crippen molar-refractivity contribution in [3.63, 3.8) is 0 Å². The van der Waals surface area contributed by atoms with Crippen LogP contribution in [0.5, 0.6) is 0 Å². The number of furan rings is 1. The lowest BCUT2D eigenvalue weighted by atomic mass is 9.87. The van der Waals surface area contributed by atoms with E-state index >= 15 is 0 Å². The molecule has 0 fully saturated rings. The normalized spacial score (nSPS) is 12.1. The Labute approximate surface area is 326 Å². The summed E-state index contributed by atoms with van der Waals surface area (Å²) in [6.07, 6.45) is 22.7. The second-order valence-electron chi connectivity index (χ2n) is 10.8. The molecule has 5 rings (SSSR count). The van der Waals surface area contributed by atoms with E-state index in [1.165, 1.54) is 61.2 Å². The quantitative estimate of drug-likeness (QED) is 0.0725. The Balaban J connectivity index is 0.00000113. The highest BCUT2D eigenvalue weighted by Gasteiger charge is 2.18. The van der Waals surface area contributed by atoms with Crippen molar-refractivity contribution >= 4 is 50.0 Å². The van der Waals surface area contributed by atoms with Crippen LogP contribution in [-0.2, 0) is 6.42 Å². The Morgan fingerprint density at radius 1 is 0.815 bits per heavy atom. The highest BCUT2D eigenvalue weighted by molar-refractivity contribution is 6.25. The SMILES string of the molecule is C#CC(=C\C=C)/C(C=C)=C(\O)C=C.CC.CC.CC.CO.C\C=C/C=c1/oc(/C(=C\C)c2ccc3ccc4c(CC)ccc5ccc2c3c54)c(C)/c1=C/C. The lowest BCUT2D eigenvalue weighted by Gasteiger charge is -2.16. The van der Waals surface area contributed by atoms with E-state index in [1.807, 2.05) is 60.6 Å². The average molecular weight is 725 g/mol. The molecule has 54 heavy (non-hydrogen) atoms. The zero-order valence-corrected chi connectivity index (χ0v) is 35.0. The zero-order valence-electron chi connectivity index (χ0n) is 35.0. The van der Waals surface area contributed by atoms with E-state index in [0.717, 1.165) is 35.5 Å². The Morgan fingerprint density at radius 3 is 1.85 bits per heavy atom. The van der Waals surface area contributed by atoms with E-state index in [1.54, 1.807) is 12.2 Å². The number of terminal acetylenes is 1. The maximum atomic E-state index is 9.37. The van der Waals surface area contributed by atoms with Gasteiger partial charge in [-0.25, -0.2) is 0 Å². The maximum Gasteiger partial charge on any atom is 0.138 e. The summed E-state index contributed by atoms with van der Waals surface area (Å²) < 4.78 is 6.47. The van der Waals surface area contributed by atoms with Crippen molar-refractivity contribution in [2.24, 2.45) is 0 Å². The lowest BCUT2D eigenvalue weighted by Crippen LogP contribution is -2.20. The first-order valence-corrected chi connectivity index (χ1v) is 19.0. The largest absolute Gasteiger partial charge is 0.507 e. The monoisotopic (exact) mass is 724 g/mol. The van der Waals surface area contributed by atoms with Gasteiger partial charge in [-0.15, -0.1) is 6.42 Å². The second kappa shape index (κ2) is 26.2. The first kappa shape index (κ1) is 48.4. The molecular formula is C51H64O3. The van der Waals surface area contributed by atoms with Gasteiger partial charge in [0.05, 0.1) is 0 Å². The smallest absolute Gasteiger partial charge is 0.138 e. The van der Waals surface area contributed by atoms with Gasteiger partial charge in [-0.1, -0.05) is 159 Å². The second-order valence-corrected chi connectivity index (χ2v) is 10.8. The molecule has 0 bridgehead atoms. The number of hydrogen-bond acceptors (Lipinski definition) is 3. The van der Waals surface area contributed by atoms with Crippen molar-refractivity contribution in [2.75, 3.05) is 7.11 Å². The summed E-state index contributed by atoms with van der Waals surface area (Å²) in [5.41, 5.74) is 6.87. The van der Waals surface area contributed by atoms with Crippen LogP contribution in [0.1, 0.15) is 91.7 Å². The third-order valence-corrected chi connectivity index (χ3v) is 8.31. The van der Waals surface area contributed by atoms with Crippen molar-refractivity contribution in [3.8, 4) is 12.3 Å². The molecule has 0 aliphatic heterocycles. The third-order valence-electron chi connectivity index (χ3n) is 8.31. The Morgan fingerprint density at radius 2 is 1.37 bits per heavy atom. The van der Waals surface area contributed by atoms with E-state index in [2.05, 4.69) is 120 Å². The predicted octanol–water partition coefficient (Wildman–Crippen LogP) is 13.3. The van der Waals surface area contributed by atoms with Gasteiger partial charge in [0.15, 0.2) is 0 Å². The van der Waals surface area contributed by atoms with Crippen LogP contribution < -0.4 is 10.6 Å². The number of rotatable bonds is 8. The summed E-state index contributed by atoms with van der Waals surface area (Å²) in [6, 6.07) is 18.2. The van der Waals surface area contributed by atoms with Gasteiger partial charge in [0.2, 0.25) is 0 Å². The van der Waals surface area contributed by atoms with Crippen LogP contribution in [0.25, 0.3) is 50.0 Å². The van der Waals surface area contributed by atoms with E-state index in [0.29, 0.717) is 11.1 Å². The Hall–Kier alpha value is -5.56. The van der Waals surface area contributed by atoms with Gasteiger partial charge < -0.3 is 14.6 Å². The fourth-order valence-corrected chi connectivity index (χ4v) is 6.08. The molecule has 1 heterocycles.